The van der Waals surface area contributed by atoms with Crippen LogP contribution in [0.2, 0.25) is 0 Å². The molecule has 0 bridgehead atoms. The maximum atomic E-state index is 4.10. The predicted octanol–water partition coefficient (Wildman–Crippen LogP) is 14.7. The van der Waals surface area contributed by atoms with E-state index in [4.69, 9.17) is 0 Å². The Hall–Kier alpha value is -6.40. The summed E-state index contributed by atoms with van der Waals surface area (Å²) in [5.41, 5.74) is 13.7. The molecular weight excluding hydrogens is 743 g/mol. The minimum atomic E-state index is -0.0513. The molecular formula is C53H39N3S2. The monoisotopic (exact) mass is 781 g/mol. The van der Waals surface area contributed by atoms with Crippen molar-refractivity contribution in [3.8, 4) is 5.69 Å². The third-order valence-electron chi connectivity index (χ3n) is 12.4. The Bertz CT molecular complexity index is 3460. The van der Waals surface area contributed by atoms with Crippen LogP contribution in [0.3, 0.4) is 0 Å². The van der Waals surface area contributed by atoms with Crippen LogP contribution in [-0.2, 0) is 6.42 Å². The molecule has 0 fully saturated rings. The highest BCUT2D eigenvalue weighted by Gasteiger charge is 2.26. The van der Waals surface area contributed by atoms with E-state index in [1.165, 1.54) is 107 Å². The lowest BCUT2D eigenvalue weighted by molar-refractivity contribution is 0.767. The van der Waals surface area contributed by atoms with E-state index in [0.29, 0.717) is 0 Å². The average Bonchev–Trinajstić information content (AvgIpc) is 4.02. The van der Waals surface area contributed by atoms with Crippen molar-refractivity contribution in [2.45, 2.75) is 32.7 Å². The number of allylic oxidation sites excluding steroid dienone is 4. The third-order valence-corrected chi connectivity index (χ3v) is 15.0. The summed E-state index contributed by atoms with van der Waals surface area (Å²) in [6.45, 7) is 4.46. The van der Waals surface area contributed by atoms with Crippen LogP contribution < -0.4 is 5.32 Å². The number of thiophene rings is 2. The van der Waals surface area contributed by atoms with Crippen LogP contribution in [0.1, 0.15) is 51.4 Å². The van der Waals surface area contributed by atoms with Gasteiger partial charge in [-0.1, -0.05) is 134 Å². The lowest BCUT2D eigenvalue weighted by Gasteiger charge is -2.25. The highest BCUT2D eigenvalue weighted by molar-refractivity contribution is 7.20. The highest BCUT2D eigenvalue weighted by Crippen LogP contribution is 2.45. The van der Waals surface area contributed by atoms with E-state index in [0.717, 1.165) is 18.5 Å². The zero-order valence-electron chi connectivity index (χ0n) is 32.3. The molecule has 5 heterocycles. The van der Waals surface area contributed by atoms with Gasteiger partial charge in [-0.15, -0.1) is 22.7 Å². The Morgan fingerprint density at radius 3 is 2.26 bits per heavy atom. The van der Waals surface area contributed by atoms with Crippen molar-refractivity contribution in [3.63, 3.8) is 0 Å². The van der Waals surface area contributed by atoms with Gasteiger partial charge < -0.3 is 14.5 Å². The van der Waals surface area contributed by atoms with Gasteiger partial charge in [-0.25, -0.2) is 0 Å². The fourth-order valence-electron chi connectivity index (χ4n) is 9.82. The molecule has 1 N–H and O–H groups in total. The van der Waals surface area contributed by atoms with E-state index in [2.05, 4.69) is 192 Å². The maximum Gasteiger partial charge on any atom is 0.0721 e. The van der Waals surface area contributed by atoms with Crippen LogP contribution in [0.4, 0.5) is 0 Å². The number of hydrogen-bond acceptors (Lipinski definition) is 3. The van der Waals surface area contributed by atoms with Gasteiger partial charge in [0.2, 0.25) is 0 Å². The Balaban J connectivity index is 1.04. The molecule has 4 aromatic heterocycles. The molecule has 1 aliphatic heterocycles. The molecule has 1 aliphatic carbocycles. The number of benzene rings is 6. The van der Waals surface area contributed by atoms with Gasteiger partial charge in [-0.05, 0) is 73.5 Å². The van der Waals surface area contributed by atoms with Crippen LogP contribution in [-0.4, -0.2) is 9.13 Å². The van der Waals surface area contributed by atoms with Crippen LogP contribution in [0.5, 0.6) is 0 Å². The molecule has 6 aromatic carbocycles. The zero-order valence-corrected chi connectivity index (χ0v) is 33.9. The minimum Gasteiger partial charge on any atom is -0.374 e. The Labute approximate surface area is 344 Å². The van der Waals surface area contributed by atoms with Gasteiger partial charge in [0.05, 0.1) is 49.1 Å². The van der Waals surface area contributed by atoms with E-state index in [-0.39, 0.29) is 6.04 Å². The number of dihydropyridines is 1. The molecule has 3 nitrogen and oxygen atoms in total. The first-order valence-electron chi connectivity index (χ1n) is 20.2. The normalized spacial score (nSPS) is 15.7. The van der Waals surface area contributed by atoms with Gasteiger partial charge >= 0.3 is 0 Å². The summed E-state index contributed by atoms with van der Waals surface area (Å²) in [5, 5.41) is 11.8. The van der Waals surface area contributed by atoms with E-state index in [1.807, 2.05) is 22.7 Å². The second-order valence-electron chi connectivity index (χ2n) is 15.5. The number of aromatic nitrogens is 2. The fourth-order valence-corrected chi connectivity index (χ4v) is 12.4. The first kappa shape index (κ1) is 33.7. The van der Waals surface area contributed by atoms with Gasteiger partial charge in [-0.2, -0.15) is 0 Å². The second kappa shape index (κ2) is 13.1. The van der Waals surface area contributed by atoms with Crippen molar-refractivity contribution in [1.82, 2.24) is 14.5 Å². The van der Waals surface area contributed by atoms with Crippen LogP contribution in [0, 0.1) is 6.92 Å². The molecule has 278 valence electrons. The van der Waals surface area contributed by atoms with Gasteiger partial charge in [0.15, 0.2) is 0 Å². The lowest BCUT2D eigenvalue weighted by Crippen LogP contribution is -2.21. The summed E-state index contributed by atoms with van der Waals surface area (Å²) < 4.78 is 7.74. The molecule has 58 heavy (non-hydrogen) atoms. The van der Waals surface area contributed by atoms with Crippen molar-refractivity contribution in [2.75, 3.05) is 0 Å². The van der Waals surface area contributed by atoms with E-state index in [9.17, 15) is 0 Å². The number of aryl methyl sites for hydroxylation is 2. The number of fused-ring (bicyclic) bond motifs is 10. The minimum absolute atomic E-state index is 0.0513. The molecule has 1 atom stereocenters. The number of nitrogens with one attached hydrogen (secondary N) is 1. The van der Waals surface area contributed by atoms with E-state index >= 15 is 0 Å². The summed E-state index contributed by atoms with van der Waals surface area (Å²) in [6, 6.07) is 47.1. The van der Waals surface area contributed by atoms with Crippen molar-refractivity contribution in [1.29, 1.82) is 0 Å². The van der Waals surface area contributed by atoms with Crippen molar-refractivity contribution in [3.05, 3.63) is 190 Å². The number of rotatable bonds is 5. The average molecular weight is 782 g/mol. The Morgan fingerprint density at radius 2 is 1.41 bits per heavy atom. The Kier molecular flexibility index (Phi) is 7.60. The second-order valence-corrected chi connectivity index (χ2v) is 17.7. The Morgan fingerprint density at radius 1 is 0.707 bits per heavy atom. The van der Waals surface area contributed by atoms with Gasteiger partial charge in [-0.3, -0.25) is 0 Å². The summed E-state index contributed by atoms with van der Waals surface area (Å²) in [5.74, 6) is 0. The highest BCUT2D eigenvalue weighted by atomic mass is 32.1. The SMILES string of the molecule is C/C=C(\c1sc2ccccc2c1C)n1c2ccccc2c2cccc(C3=CC=CC(c4cccc5c6ccccc6n(-c6cccc7c8c(sc67)CCC=C8)c45)N3)c21. The topological polar surface area (TPSA) is 21.9 Å². The summed E-state index contributed by atoms with van der Waals surface area (Å²) in [6.07, 6.45) is 16.0. The molecule has 0 spiro atoms. The molecule has 0 saturated carbocycles. The summed E-state index contributed by atoms with van der Waals surface area (Å²) in [4.78, 5) is 2.80. The molecule has 10 aromatic rings. The molecule has 2 aliphatic rings. The zero-order chi connectivity index (χ0) is 38.5. The molecule has 1 unspecified atom stereocenters. The molecule has 12 rings (SSSR count). The predicted molar refractivity (Wildman–Crippen MR) is 252 cm³/mol. The van der Waals surface area contributed by atoms with Crippen LogP contribution in [0.15, 0.2) is 158 Å². The lowest BCUT2D eigenvalue weighted by atomic mass is 9.97. The maximum absolute atomic E-state index is 4.10. The quantitative estimate of drug-likeness (QED) is 0.185. The van der Waals surface area contributed by atoms with Gasteiger partial charge in [0.25, 0.3) is 0 Å². The van der Waals surface area contributed by atoms with Gasteiger partial charge in [0.1, 0.15) is 0 Å². The largest absolute Gasteiger partial charge is 0.374 e. The van der Waals surface area contributed by atoms with Crippen molar-refractivity contribution in [2.24, 2.45) is 0 Å². The number of para-hydroxylation sites is 4. The number of hydrogen-bond donors (Lipinski definition) is 1. The van der Waals surface area contributed by atoms with Crippen LogP contribution in [0.25, 0.3) is 86.9 Å². The van der Waals surface area contributed by atoms with Crippen LogP contribution >= 0.6 is 22.7 Å². The van der Waals surface area contributed by atoms with E-state index in [1.54, 1.807) is 0 Å². The van der Waals surface area contributed by atoms with Crippen molar-refractivity contribution < 1.29 is 0 Å². The molecule has 0 radical (unpaired) electrons. The smallest absolute Gasteiger partial charge is 0.0721 e. The molecule has 0 amide bonds. The summed E-state index contributed by atoms with van der Waals surface area (Å²) >= 11 is 3.86. The van der Waals surface area contributed by atoms with E-state index < -0.39 is 0 Å². The standard InChI is InChI=1S/C53H39N3S2/c1-3-44(52-32(2)33-16-6-10-30-48(33)57-52)55-45-27-8-4-17-34(45)37-20-12-23-40(50(37)55)42-25-15-26-43(54-42)41-24-13-21-38-35-18-5-9-28-46(35)56(51(38)41)47-29-14-22-39-36-19-7-11-31-49(36)58-53(39)47/h3-10,12-30,43,54H,11,31H2,1-2H3/b44-3+. The summed E-state index contributed by atoms with van der Waals surface area (Å²) in [7, 11) is 0. The number of nitrogens with zero attached hydrogens (tertiary/aromatic N) is 2. The third kappa shape index (κ3) is 4.84. The molecule has 5 heteroatoms. The fraction of sp³-hybridized carbons (Fsp3) is 0.0943. The first-order valence-corrected chi connectivity index (χ1v) is 21.9. The van der Waals surface area contributed by atoms with Gasteiger partial charge in [0, 0.05) is 53.3 Å². The van der Waals surface area contributed by atoms with Crippen molar-refractivity contribution >= 4 is 104 Å². The molecule has 0 saturated heterocycles. The first-order chi connectivity index (χ1) is 28.7.